The van der Waals surface area contributed by atoms with E-state index >= 15 is 0 Å². The third kappa shape index (κ3) is 4.34. The summed E-state index contributed by atoms with van der Waals surface area (Å²) in [5, 5.41) is 3.38. The summed E-state index contributed by atoms with van der Waals surface area (Å²) >= 11 is 0. The molecule has 1 aromatic heterocycles. The molecule has 5 heteroatoms. The molecular weight excluding hydrogens is 252 g/mol. The van der Waals surface area contributed by atoms with E-state index in [9.17, 15) is 0 Å². The fourth-order valence-corrected chi connectivity index (χ4v) is 2.79. The number of nitrogens with one attached hydrogen (secondary N) is 1. The van der Waals surface area contributed by atoms with Gasteiger partial charge in [-0.3, -0.25) is 0 Å². The van der Waals surface area contributed by atoms with Crippen molar-refractivity contribution in [2.45, 2.75) is 58.1 Å². The van der Waals surface area contributed by atoms with Crippen LogP contribution in [0.2, 0.25) is 0 Å². The van der Waals surface area contributed by atoms with Gasteiger partial charge in [-0.15, -0.1) is 0 Å². The third-order valence-corrected chi connectivity index (χ3v) is 3.77. The first-order chi connectivity index (χ1) is 9.69. The molecule has 112 valence electrons. The Bertz CT molecular complexity index is 405. The van der Waals surface area contributed by atoms with E-state index in [0.29, 0.717) is 24.3 Å². The van der Waals surface area contributed by atoms with Crippen molar-refractivity contribution in [3.63, 3.8) is 0 Å². The van der Waals surface area contributed by atoms with Crippen LogP contribution < -0.4 is 15.8 Å². The molecule has 1 heterocycles. The smallest absolute Gasteiger partial charge is 0.226 e. The second kappa shape index (κ2) is 7.43. The van der Waals surface area contributed by atoms with E-state index in [2.05, 4.69) is 15.3 Å². The van der Waals surface area contributed by atoms with Crippen LogP contribution in [0, 0.1) is 5.92 Å². The van der Waals surface area contributed by atoms with Gasteiger partial charge >= 0.3 is 0 Å². The van der Waals surface area contributed by atoms with E-state index < -0.39 is 0 Å². The SMILES string of the molecule is CC(C)Oc1ccnc(NC(CN)C2CCCCC2)n1. The Labute approximate surface area is 121 Å². The van der Waals surface area contributed by atoms with Gasteiger partial charge in [0.15, 0.2) is 0 Å². The molecule has 1 aliphatic carbocycles. The Kier molecular flexibility index (Phi) is 5.59. The molecule has 0 aliphatic heterocycles. The number of anilines is 1. The minimum Gasteiger partial charge on any atom is -0.475 e. The Hall–Kier alpha value is -1.36. The first kappa shape index (κ1) is 15.0. The number of rotatable bonds is 6. The van der Waals surface area contributed by atoms with Crippen molar-refractivity contribution in [1.82, 2.24) is 9.97 Å². The molecule has 0 amide bonds. The maximum Gasteiger partial charge on any atom is 0.226 e. The molecule has 0 radical (unpaired) electrons. The van der Waals surface area contributed by atoms with Gasteiger partial charge in [-0.2, -0.15) is 4.98 Å². The van der Waals surface area contributed by atoms with Crippen molar-refractivity contribution in [3.8, 4) is 5.88 Å². The van der Waals surface area contributed by atoms with Crippen LogP contribution in [-0.4, -0.2) is 28.7 Å². The predicted octanol–water partition coefficient (Wildman–Crippen LogP) is 2.58. The van der Waals surface area contributed by atoms with Gasteiger partial charge in [0.05, 0.1) is 6.10 Å². The lowest BCUT2D eigenvalue weighted by Crippen LogP contribution is -2.37. The second-order valence-electron chi connectivity index (χ2n) is 5.77. The molecule has 0 bridgehead atoms. The number of nitrogens with zero attached hydrogens (tertiary/aromatic N) is 2. The van der Waals surface area contributed by atoms with Crippen LogP contribution in [0.15, 0.2) is 12.3 Å². The van der Waals surface area contributed by atoms with Crippen LogP contribution in [0.3, 0.4) is 0 Å². The molecule has 3 N–H and O–H groups in total. The summed E-state index contributed by atoms with van der Waals surface area (Å²) in [7, 11) is 0. The molecule has 2 rings (SSSR count). The molecule has 1 atom stereocenters. The van der Waals surface area contributed by atoms with Gasteiger partial charge in [0, 0.05) is 24.8 Å². The molecule has 1 aromatic rings. The van der Waals surface area contributed by atoms with Gasteiger partial charge in [-0.1, -0.05) is 19.3 Å². The van der Waals surface area contributed by atoms with Crippen molar-refractivity contribution < 1.29 is 4.74 Å². The summed E-state index contributed by atoms with van der Waals surface area (Å²) in [6, 6.07) is 2.04. The fraction of sp³-hybridized carbons (Fsp3) is 0.733. The monoisotopic (exact) mass is 278 g/mol. The summed E-state index contributed by atoms with van der Waals surface area (Å²) in [5.41, 5.74) is 5.92. The van der Waals surface area contributed by atoms with E-state index in [1.165, 1.54) is 32.1 Å². The van der Waals surface area contributed by atoms with Crippen LogP contribution in [0.5, 0.6) is 5.88 Å². The van der Waals surface area contributed by atoms with Crippen LogP contribution in [-0.2, 0) is 0 Å². The largest absolute Gasteiger partial charge is 0.475 e. The van der Waals surface area contributed by atoms with Crippen molar-refractivity contribution in [1.29, 1.82) is 0 Å². The summed E-state index contributed by atoms with van der Waals surface area (Å²) in [6.45, 7) is 4.59. The number of hydrogen-bond acceptors (Lipinski definition) is 5. The molecular formula is C15H26N4O. The first-order valence-corrected chi connectivity index (χ1v) is 7.65. The lowest BCUT2D eigenvalue weighted by molar-refractivity contribution is 0.232. The zero-order valence-electron chi connectivity index (χ0n) is 12.5. The van der Waals surface area contributed by atoms with Gasteiger partial charge in [0.25, 0.3) is 0 Å². The highest BCUT2D eigenvalue weighted by Crippen LogP contribution is 2.27. The molecule has 1 aliphatic rings. The summed E-state index contributed by atoms with van der Waals surface area (Å²) < 4.78 is 5.59. The van der Waals surface area contributed by atoms with E-state index in [-0.39, 0.29) is 12.1 Å². The lowest BCUT2D eigenvalue weighted by Gasteiger charge is -2.30. The fourth-order valence-electron chi connectivity index (χ4n) is 2.79. The quantitative estimate of drug-likeness (QED) is 0.836. The highest BCUT2D eigenvalue weighted by atomic mass is 16.5. The van der Waals surface area contributed by atoms with Crippen molar-refractivity contribution in [2.75, 3.05) is 11.9 Å². The van der Waals surface area contributed by atoms with Crippen LogP contribution in [0.25, 0.3) is 0 Å². The Morgan fingerprint density at radius 3 is 2.75 bits per heavy atom. The summed E-state index contributed by atoms with van der Waals surface area (Å²) in [5.74, 6) is 1.85. The highest BCUT2D eigenvalue weighted by molar-refractivity contribution is 5.29. The van der Waals surface area contributed by atoms with E-state index in [1.54, 1.807) is 12.3 Å². The minimum absolute atomic E-state index is 0.112. The zero-order valence-corrected chi connectivity index (χ0v) is 12.5. The first-order valence-electron chi connectivity index (χ1n) is 7.65. The molecule has 5 nitrogen and oxygen atoms in total. The Morgan fingerprint density at radius 1 is 1.35 bits per heavy atom. The van der Waals surface area contributed by atoms with E-state index in [1.807, 2.05) is 13.8 Å². The van der Waals surface area contributed by atoms with Gasteiger partial charge < -0.3 is 15.8 Å². The van der Waals surface area contributed by atoms with Crippen molar-refractivity contribution in [2.24, 2.45) is 11.7 Å². The van der Waals surface area contributed by atoms with Crippen molar-refractivity contribution in [3.05, 3.63) is 12.3 Å². The maximum atomic E-state index is 5.92. The normalized spacial score (nSPS) is 18.0. The molecule has 0 spiro atoms. The summed E-state index contributed by atoms with van der Waals surface area (Å²) in [4.78, 5) is 8.67. The maximum absolute atomic E-state index is 5.92. The molecule has 1 fully saturated rings. The standard InChI is InChI=1S/C15H26N4O/c1-11(2)20-14-8-9-17-15(19-14)18-13(10-16)12-6-4-3-5-7-12/h8-9,11-13H,3-7,10,16H2,1-2H3,(H,17,18,19). The number of aromatic nitrogens is 2. The average Bonchev–Trinajstić information content (AvgIpc) is 2.45. The Morgan fingerprint density at radius 2 is 2.10 bits per heavy atom. The minimum atomic E-state index is 0.112. The number of hydrogen-bond donors (Lipinski definition) is 2. The predicted molar refractivity (Wildman–Crippen MR) is 80.8 cm³/mol. The topological polar surface area (TPSA) is 73.1 Å². The molecule has 1 unspecified atom stereocenters. The lowest BCUT2D eigenvalue weighted by atomic mass is 9.84. The molecule has 0 aromatic carbocycles. The third-order valence-electron chi connectivity index (χ3n) is 3.77. The molecule has 20 heavy (non-hydrogen) atoms. The summed E-state index contributed by atoms with van der Waals surface area (Å²) in [6.07, 6.45) is 8.29. The zero-order chi connectivity index (χ0) is 14.4. The highest BCUT2D eigenvalue weighted by Gasteiger charge is 2.23. The van der Waals surface area contributed by atoms with E-state index in [0.717, 1.165) is 0 Å². The number of ether oxygens (including phenoxy) is 1. The van der Waals surface area contributed by atoms with Crippen LogP contribution in [0.4, 0.5) is 5.95 Å². The second-order valence-corrected chi connectivity index (χ2v) is 5.77. The van der Waals surface area contributed by atoms with Gasteiger partial charge in [-0.25, -0.2) is 4.98 Å². The average molecular weight is 278 g/mol. The van der Waals surface area contributed by atoms with Crippen LogP contribution in [0.1, 0.15) is 46.0 Å². The van der Waals surface area contributed by atoms with Gasteiger partial charge in [0.1, 0.15) is 0 Å². The van der Waals surface area contributed by atoms with Gasteiger partial charge in [0.2, 0.25) is 11.8 Å². The van der Waals surface area contributed by atoms with Crippen molar-refractivity contribution >= 4 is 5.95 Å². The van der Waals surface area contributed by atoms with Gasteiger partial charge in [-0.05, 0) is 32.6 Å². The van der Waals surface area contributed by atoms with E-state index in [4.69, 9.17) is 10.5 Å². The Balaban J connectivity index is 1.99. The molecule has 1 saturated carbocycles. The number of nitrogens with two attached hydrogens (primary N) is 1. The van der Waals surface area contributed by atoms with Crippen LogP contribution >= 0.6 is 0 Å². The molecule has 0 saturated heterocycles.